The fourth-order valence-electron chi connectivity index (χ4n) is 0.960. The van der Waals surface area contributed by atoms with Crippen LogP contribution in [0.1, 0.15) is 32.3 Å². The molecule has 0 aliphatic carbocycles. The standard InChI is InChI=1S/C9H13N3.C2H6/c1-4-5-8(10-3)9-11-6-7(2)12-9;1-2/h4-6H,1-3H3,(H,11,12);1-2H3/b5-4-,10-8?;. The van der Waals surface area contributed by atoms with E-state index < -0.39 is 0 Å². The highest BCUT2D eigenvalue weighted by atomic mass is 14.9. The summed E-state index contributed by atoms with van der Waals surface area (Å²) in [4.78, 5) is 11.4. The second-order valence-corrected chi connectivity index (χ2v) is 2.52. The van der Waals surface area contributed by atoms with Gasteiger partial charge in [0.2, 0.25) is 0 Å². The van der Waals surface area contributed by atoms with Gasteiger partial charge in [0.15, 0.2) is 5.82 Å². The van der Waals surface area contributed by atoms with Gasteiger partial charge in [0, 0.05) is 18.9 Å². The summed E-state index contributed by atoms with van der Waals surface area (Å²) in [7, 11) is 1.76. The van der Waals surface area contributed by atoms with Crippen molar-refractivity contribution in [3.63, 3.8) is 0 Å². The predicted octanol–water partition coefficient (Wildman–Crippen LogP) is 2.74. The molecule has 0 aliphatic heterocycles. The Morgan fingerprint density at radius 2 is 2.14 bits per heavy atom. The minimum absolute atomic E-state index is 0.827. The Kier molecular flexibility index (Phi) is 6.37. The van der Waals surface area contributed by atoms with E-state index in [0.717, 1.165) is 17.2 Å². The number of allylic oxidation sites excluding steroid dienone is 2. The van der Waals surface area contributed by atoms with E-state index in [1.165, 1.54) is 0 Å². The third-order valence-corrected chi connectivity index (χ3v) is 1.51. The van der Waals surface area contributed by atoms with Crippen molar-refractivity contribution in [1.29, 1.82) is 0 Å². The van der Waals surface area contributed by atoms with Gasteiger partial charge in [-0.25, -0.2) is 4.98 Å². The molecule has 0 fully saturated rings. The molecule has 0 amide bonds. The molecule has 1 heterocycles. The average molecular weight is 193 g/mol. The van der Waals surface area contributed by atoms with Gasteiger partial charge >= 0.3 is 0 Å². The number of hydrogen-bond acceptors (Lipinski definition) is 2. The Balaban J connectivity index is 0.000000791. The molecule has 1 aromatic heterocycles. The number of imidazole rings is 1. The van der Waals surface area contributed by atoms with Gasteiger partial charge in [-0.05, 0) is 19.9 Å². The summed E-state index contributed by atoms with van der Waals surface area (Å²) < 4.78 is 0. The van der Waals surface area contributed by atoms with E-state index >= 15 is 0 Å². The van der Waals surface area contributed by atoms with E-state index in [9.17, 15) is 0 Å². The van der Waals surface area contributed by atoms with E-state index in [1.807, 2.05) is 39.8 Å². The van der Waals surface area contributed by atoms with Crippen molar-refractivity contribution in [2.24, 2.45) is 4.99 Å². The highest BCUT2D eigenvalue weighted by Crippen LogP contribution is 1.98. The fourth-order valence-corrected chi connectivity index (χ4v) is 0.960. The maximum absolute atomic E-state index is 4.17. The number of nitrogens with zero attached hydrogens (tertiary/aromatic N) is 2. The van der Waals surface area contributed by atoms with E-state index in [2.05, 4.69) is 15.0 Å². The molecule has 3 heteroatoms. The quantitative estimate of drug-likeness (QED) is 0.721. The zero-order valence-corrected chi connectivity index (χ0v) is 9.63. The van der Waals surface area contributed by atoms with Gasteiger partial charge < -0.3 is 4.98 Å². The van der Waals surface area contributed by atoms with Crippen LogP contribution in [0.25, 0.3) is 0 Å². The first-order chi connectivity index (χ1) is 6.77. The lowest BCUT2D eigenvalue weighted by Crippen LogP contribution is -1.98. The Morgan fingerprint density at radius 3 is 2.50 bits per heavy atom. The highest BCUT2D eigenvalue weighted by Gasteiger charge is 2.00. The van der Waals surface area contributed by atoms with Crippen molar-refractivity contribution >= 4 is 5.71 Å². The average Bonchev–Trinajstić information content (AvgIpc) is 2.64. The number of nitrogens with one attached hydrogen (secondary N) is 1. The first kappa shape index (κ1) is 12.6. The Morgan fingerprint density at radius 1 is 1.50 bits per heavy atom. The molecule has 0 radical (unpaired) electrons. The van der Waals surface area contributed by atoms with Crippen LogP contribution in [0.15, 0.2) is 23.3 Å². The number of H-pyrrole nitrogens is 1. The first-order valence-corrected chi connectivity index (χ1v) is 4.89. The zero-order valence-electron chi connectivity index (χ0n) is 9.63. The van der Waals surface area contributed by atoms with Crippen LogP contribution in [-0.2, 0) is 0 Å². The molecule has 0 spiro atoms. The lowest BCUT2D eigenvalue weighted by Gasteiger charge is -1.92. The predicted molar refractivity (Wildman–Crippen MR) is 61.9 cm³/mol. The zero-order chi connectivity index (χ0) is 11.0. The lowest BCUT2D eigenvalue weighted by molar-refractivity contribution is 1.21. The molecule has 0 aliphatic rings. The molecule has 1 rings (SSSR count). The normalized spacial score (nSPS) is 11.4. The van der Waals surface area contributed by atoms with Gasteiger partial charge in [-0.1, -0.05) is 19.9 Å². The molecule has 0 saturated carbocycles. The Bertz CT molecular complexity index is 308. The van der Waals surface area contributed by atoms with Crippen molar-refractivity contribution in [1.82, 2.24) is 9.97 Å². The topological polar surface area (TPSA) is 41.0 Å². The summed E-state index contributed by atoms with van der Waals surface area (Å²) in [6, 6.07) is 0. The molecule has 1 aromatic rings. The molecule has 14 heavy (non-hydrogen) atoms. The van der Waals surface area contributed by atoms with Crippen LogP contribution in [0.5, 0.6) is 0 Å². The van der Waals surface area contributed by atoms with E-state index in [-0.39, 0.29) is 0 Å². The van der Waals surface area contributed by atoms with Gasteiger partial charge in [0.05, 0.1) is 5.71 Å². The van der Waals surface area contributed by atoms with E-state index in [0.29, 0.717) is 0 Å². The molecule has 0 unspecified atom stereocenters. The molecule has 1 N–H and O–H groups in total. The van der Waals surface area contributed by atoms with Crippen molar-refractivity contribution in [3.8, 4) is 0 Å². The van der Waals surface area contributed by atoms with Crippen LogP contribution >= 0.6 is 0 Å². The number of aliphatic imine (C=N–C) groups is 1. The monoisotopic (exact) mass is 193 g/mol. The summed E-state index contributed by atoms with van der Waals surface area (Å²) in [5, 5.41) is 0. The van der Waals surface area contributed by atoms with E-state index in [1.54, 1.807) is 13.2 Å². The SMILES string of the molecule is C/C=C\C(=NC)c1ncc(C)[nH]1.CC. The third kappa shape index (κ3) is 3.56. The molecule has 0 aromatic carbocycles. The number of hydrogen-bond donors (Lipinski definition) is 1. The van der Waals surface area contributed by atoms with Crippen LogP contribution < -0.4 is 0 Å². The molecule has 0 atom stereocenters. The first-order valence-electron chi connectivity index (χ1n) is 4.89. The van der Waals surface area contributed by atoms with Crippen LogP contribution in [0.2, 0.25) is 0 Å². The highest BCUT2D eigenvalue weighted by molar-refractivity contribution is 6.05. The molecular weight excluding hydrogens is 174 g/mol. The van der Waals surface area contributed by atoms with Crippen molar-refractivity contribution < 1.29 is 0 Å². The summed E-state index contributed by atoms with van der Waals surface area (Å²) >= 11 is 0. The molecule has 78 valence electrons. The van der Waals surface area contributed by atoms with Gasteiger partial charge in [0.1, 0.15) is 0 Å². The van der Waals surface area contributed by atoms with Crippen molar-refractivity contribution in [2.45, 2.75) is 27.7 Å². The summed E-state index contributed by atoms with van der Waals surface area (Å²) in [5.41, 5.74) is 1.93. The van der Waals surface area contributed by atoms with Crippen LogP contribution in [0.3, 0.4) is 0 Å². The van der Waals surface area contributed by atoms with Crippen molar-refractivity contribution in [2.75, 3.05) is 7.05 Å². The van der Waals surface area contributed by atoms with Crippen LogP contribution in [-0.4, -0.2) is 22.7 Å². The van der Waals surface area contributed by atoms with Crippen molar-refractivity contribution in [3.05, 3.63) is 29.9 Å². The second-order valence-electron chi connectivity index (χ2n) is 2.52. The van der Waals surface area contributed by atoms with Crippen LogP contribution in [0.4, 0.5) is 0 Å². The minimum Gasteiger partial charge on any atom is -0.341 e. The third-order valence-electron chi connectivity index (χ3n) is 1.51. The number of aryl methyl sites for hydroxylation is 1. The maximum atomic E-state index is 4.17. The summed E-state index contributed by atoms with van der Waals surface area (Å²) in [6.45, 7) is 7.93. The number of aromatic amines is 1. The molecule has 0 bridgehead atoms. The fraction of sp³-hybridized carbons (Fsp3) is 0.455. The van der Waals surface area contributed by atoms with Gasteiger partial charge in [-0.15, -0.1) is 0 Å². The largest absolute Gasteiger partial charge is 0.341 e. The summed E-state index contributed by atoms with van der Waals surface area (Å²) in [5.74, 6) is 0.827. The van der Waals surface area contributed by atoms with Gasteiger partial charge in [-0.2, -0.15) is 0 Å². The molecular formula is C11H19N3. The smallest absolute Gasteiger partial charge is 0.155 e. The maximum Gasteiger partial charge on any atom is 0.155 e. The lowest BCUT2D eigenvalue weighted by atomic mass is 10.3. The Labute approximate surface area is 86.0 Å². The van der Waals surface area contributed by atoms with Crippen LogP contribution in [0, 0.1) is 6.92 Å². The minimum atomic E-state index is 0.827. The van der Waals surface area contributed by atoms with Gasteiger partial charge in [-0.3, -0.25) is 4.99 Å². The Hall–Kier alpha value is -1.38. The van der Waals surface area contributed by atoms with E-state index in [4.69, 9.17) is 0 Å². The number of aromatic nitrogens is 2. The van der Waals surface area contributed by atoms with Gasteiger partial charge in [0.25, 0.3) is 0 Å². The molecule has 0 saturated heterocycles. The molecule has 3 nitrogen and oxygen atoms in total. The second kappa shape index (κ2) is 7.06. The number of rotatable bonds is 2. The summed E-state index contributed by atoms with van der Waals surface area (Å²) in [6.07, 6.45) is 5.67.